The molecule has 4 N–H and O–H groups in total. The number of halogens is 2. The van der Waals surface area contributed by atoms with Crippen molar-refractivity contribution in [3.63, 3.8) is 0 Å². The molecule has 3 rings (SSSR count). The maximum atomic E-state index is 12.1. The van der Waals surface area contributed by atoms with Crippen molar-refractivity contribution in [3.05, 3.63) is 63.1 Å². The number of fused-ring (bicyclic) bond motifs is 1. The molecule has 0 bridgehead atoms. The second-order valence-corrected chi connectivity index (χ2v) is 8.15. The zero-order valence-electron chi connectivity index (χ0n) is 16.6. The fourth-order valence-electron chi connectivity index (χ4n) is 3.67. The van der Waals surface area contributed by atoms with Crippen LogP contribution in [0.5, 0.6) is 0 Å². The Balaban J connectivity index is 1.76. The Kier molecular flexibility index (Phi) is 7.04. The number of hydrogen-bond donors (Lipinski definition) is 4. The lowest BCUT2D eigenvalue weighted by molar-refractivity contribution is -0.145. The molecule has 31 heavy (non-hydrogen) atoms. The van der Waals surface area contributed by atoms with E-state index in [1.54, 1.807) is 18.2 Å². The summed E-state index contributed by atoms with van der Waals surface area (Å²) in [6.45, 7) is 0.830. The number of carboxylic acids is 2. The van der Waals surface area contributed by atoms with Crippen molar-refractivity contribution in [1.82, 2.24) is 10.2 Å². The number of hydrogen-bond acceptors (Lipinski definition) is 4. The maximum Gasteiger partial charge on any atom is 0.326 e. The van der Waals surface area contributed by atoms with E-state index >= 15 is 0 Å². The van der Waals surface area contributed by atoms with Crippen LogP contribution in [-0.2, 0) is 16.0 Å². The minimum absolute atomic E-state index is 0.0802. The van der Waals surface area contributed by atoms with E-state index in [-0.39, 0.29) is 6.04 Å². The number of carboxylic acid groups (broad SMARTS) is 2. The van der Waals surface area contributed by atoms with E-state index in [0.717, 1.165) is 29.7 Å². The largest absolute Gasteiger partial charge is 0.481 e. The molecule has 2 amide bonds. The number of nitrogens with one attached hydrogen (secondary N) is 2. The van der Waals surface area contributed by atoms with Crippen LogP contribution in [-0.4, -0.2) is 52.7 Å². The summed E-state index contributed by atoms with van der Waals surface area (Å²) in [5, 5.41) is 23.6. The van der Waals surface area contributed by atoms with Gasteiger partial charge in [-0.05, 0) is 54.4 Å². The summed E-state index contributed by atoms with van der Waals surface area (Å²) in [7, 11) is 2.01. The molecule has 0 fully saturated rings. The van der Waals surface area contributed by atoms with Gasteiger partial charge >= 0.3 is 18.0 Å². The van der Waals surface area contributed by atoms with E-state index in [4.69, 9.17) is 33.4 Å². The molecule has 0 saturated heterocycles. The first-order valence-electron chi connectivity index (χ1n) is 9.46. The molecule has 1 aliphatic heterocycles. The molecule has 0 saturated carbocycles. The zero-order valence-corrected chi connectivity index (χ0v) is 18.1. The average Bonchev–Trinajstić information content (AvgIpc) is 2.68. The molecular formula is C21H21Cl2N3O5. The van der Waals surface area contributed by atoms with Gasteiger partial charge in [0.1, 0.15) is 6.04 Å². The minimum atomic E-state index is -1.53. The van der Waals surface area contributed by atoms with Crippen molar-refractivity contribution in [1.29, 1.82) is 0 Å². The smallest absolute Gasteiger partial charge is 0.326 e. The van der Waals surface area contributed by atoms with E-state index in [0.29, 0.717) is 15.7 Å². The van der Waals surface area contributed by atoms with Gasteiger partial charge in [-0.15, -0.1) is 0 Å². The van der Waals surface area contributed by atoms with Crippen LogP contribution in [0.25, 0.3) is 0 Å². The molecule has 2 atom stereocenters. The fraction of sp³-hybridized carbons (Fsp3) is 0.286. The first-order chi connectivity index (χ1) is 14.7. The summed E-state index contributed by atoms with van der Waals surface area (Å²) in [5.41, 5.74) is 3.49. The van der Waals surface area contributed by atoms with Crippen molar-refractivity contribution in [2.45, 2.75) is 24.9 Å². The van der Waals surface area contributed by atoms with E-state index in [2.05, 4.69) is 15.5 Å². The van der Waals surface area contributed by atoms with Crippen molar-refractivity contribution in [3.8, 4) is 0 Å². The third-order valence-corrected chi connectivity index (χ3v) is 5.63. The van der Waals surface area contributed by atoms with Crippen molar-refractivity contribution in [2.75, 3.05) is 18.9 Å². The van der Waals surface area contributed by atoms with Crippen LogP contribution >= 0.6 is 23.2 Å². The van der Waals surface area contributed by atoms with Gasteiger partial charge in [0, 0.05) is 22.3 Å². The lowest BCUT2D eigenvalue weighted by Gasteiger charge is -2.35. The van der Waals surface area contributed by atoms with Gasteiger partial charge in [-0.25, -0.2) is 9.59 Å². The number of rotatable bonds is 6. The number of urea groups is 1. The maximum absolute atomic E-state index is 12.1. The van der Waals surface area contributed by atoms with Crippen molar-refractivity contribution < 1.29 is 24.6 Å². The summed E-state index contributed by atoms with van der Waals surface area (Å²) < 4.78 is 0. The molecule has 1 heterocycles. The van der Waals surface area contributed by atoms with Gasteiger partial charge in [-0.3, -0.25) is 9.69 Å². The molecule has 2 aromatic carbocycles. The molecule has 8 nitrogen and oxygen atoms in total. The zero-order chi connectivity index (χ0) is 22.7. The normalized spacial score (nSPS) is 16.8. The third-order valence-electron chi connectivity index (χ3n) is 5.09. The SMILES string of the molecule is CN1CCc2cc(Cl)cc(Cl)c2C1c1ccc(NC(=O)N[C@@H](CC(=O)O)C(=O)O)cc1. The predicted octanol–water partition coefficient (Wildman–Crippen LogP) is 3.62. The van der Waals surface area contributed by atoms with Gasteiger partial charge in [-0.2, -0.15) is 0 Å². The van der Waals surface area contributed by atoms with Gasteiger partial charge in [0.05, 0.1) is 12.5 Å². The van der Waals surface area contributed by atoms with Crippen LogP contribution < -0.4 is 10.6 Å². The molecule has 1 unspecified atom stereocenters. The molecule has 10 heteroatoms. The molecule has 0 aromatic heterocycles. The Morgan fingerprint density at radius 3 is 2.45 bits per heavy atom. The van der Waals surface area contributed by atoms with E-state index in [9.17, 15) is 14.4 Å². The average molecular weight is 466 g/mol. The number of aliphatic carboxylic acids is 2. The Hall–Kier alpha value is -2.81. The van der Waals surface area contributed by atoms with Crippen LogP contribution in [0, 0.1) is 0 Å². The van der Waals surface area contributed by atoms with Crippen LogP contribution in [0.4, 0.5) is 10.5 Å². The van der Waals surface area contributed by atoms with E-state index < -0.39 is 30.4 Å². The van der Waals surface area contributed by atoms with Gasteiger partial charge in [0.2, 0.25) is 0 Å². The minimum Gasteiger partial charge on any atom is -0.481 e. The highest BCUT2D eigenvalue weighted by Crippen LogP contribution is 2.40. The second-order valence-electron chi connectivity index (χ2n) is 7.30. The van der Waals surface area contributed by atoms with Gasteiger partial charge in [-0.1, -0.05) is 35.3 Å². The summed E-state index contributed by atoms with van der Waals surface area (Å²) in [4.78, 5) is 36.1. The highest BCUT2D eigenvalue weighted by Gasteiger charge is 2.29. The lowest BCUT2D eigenvalue weighted by Crippen LogP contribution is -2.44. The molecule has 0 spiro atoms. The van der Waals surface area contributed by atoms with Crippen molar-refractivity contribution in [2.24, 2.45) is 0 Å². The van der Waals surface area contributed by atoms with Crippen LogP contribution in [0.3, 0.4) is 0 Å². The Labute approximate surface area is 188 Å². The first kappa shape index (κ1) is 22.9. The van der Waals surface area contributed by atoms with E-state index in [1.165, 1.54) is 0 Å². The number of anilines is 1. The number of likely N-dealkylation sites (N-methyl/N-ethyl adjacent to an activating group) is 1. The summed E-state index contributed by atoms with van der Waals surface area (Å²) in [6, 6.07) is 8.32. The quantitative estimate of drug-likeness (QED) is 0.517. The number of amides is 2. The molecule has 0 radical (unpaired) electrons. The first-order valence-corrected chi connectivity index (χ1v) is 10.2. The standard InChI is InChI=1S/C21H21Cl2N3O5/c1-26-7-6-12-8-13(22)9-15(23)18(12)19(26)11-2-4-14(5-3-11)24-21(31)25-16(20(29)30)10-17(27)28/h2-5,8-9,16,19H,6-7,10H2,1H3,(H,27,28)(H,29,30)(H2,24,25,31)/t16-,19?/m0/s1. The monoisotopic (exact) mass is 465 g/mol. The molecule has 0 aliphatic carbocycles. The Morgan fingerprint density at radius 1 is 1.16 bits per heavy atom. The number of benzene rings is 2. The van der Waals surface area contributed by atoms with E-state index in [1.807, 2.05) is 25.2 Å². The summed E-state index contributed by atoms with van der Waals surface area (Å²) >= 11 is 12.7. The van der Waals surface area contributed by atoms with Crippen LogP contribution in [0.1, 0.15) is 29.2 Å². The van der Waals surface area contributed by atoms with Gasteiger partial charge in [0.15, 0.2) is 0 Å². The summed E-state index contributed by atoms with van der Waals surface area (Å²) in [5.74, 6) is -2.75. The second kappa shape index (κ2) is 9.55. The number of carbonyl (C=O) groups is 3. The molecule has 164 valence electrons. The van der Waals surface area contributed by atoms with Crippen molar-refractivity contribution >= 4 is 46.9 Å². The Bertz CT molecular complexity index is 1010. The van der Waals surface area contributed by atoms with Gasteiger partial charge < -0.3 is 20.8 Å². The highest BCUT2D eigenvalue weighted by atomic mass is 35.5. The van der Waals surface area contributed by atoms with Crippen LogP contribution in [0.2, 0.25) is 10.0 Å². The molecule has 1 aliphatic rings. The predicted molar refractivity (Wildman–Crippen MR) is 117 cm³/mol. The third kappa shape index (κ3) is 5.46. The number of carbonyl (C=O) groups excluding carboxylic acids is 1. The highest BCUT2D eigenvalue weighted by molar-refractivity contribution is 6.35. The fourth-order valence-corrected chi connectivity index (χ4v) is 4.31. The molecule has 2 aromatic rings. The lowest BCUT2D eigenvalue weighted by atomic mass is 9.88. The number of nitrogens with zero attached hydrogens (tertiary/aromatic N) is 1. The van der Waals surface area contributed by atoms with Gasteiger partial charge in [0.25, 0.3) is 0 Å². The summed E-state index contributed by atoms with van der Waals surface area (Å²) in [6.07, 6.45) is 0.114. The Morgan fingerprint density at radius 2 is 1.84 bits per heavy atom. The molecular weight excluding hydrogens is 445 g/mol. The topological polar surface area (TPSA) is 119 Å². The van der Waals surface area contributed by atoms with Crippen LogP contribution in [0.15, 0.2) is 36.4 Å².